The summed E-state index contributed by atoms with van der Waals surface area (Å²) in [6, 6.07) is 28.6. The summed E-state index contributed by atoms with van der Waals surface area (Å²) in [4.78, 5) is 0. The molecule has 2 unspecified atom stereocenters. The van der Waals surface area contributed by atoms with E-state index in [0.29, 0.717) is 13.2 Å². The van der Waals surface area contributed by atoms with E-state index in [9.17, 15) is 0 Å². The van der Waals surface area contributed by atoms with Gasteiger partial charge in [-0.2, -0.15) is 0 Å². The van der Waals surface area contributed by atoms with Gasteiger partial charge in [0.05, 0.1) is 0 Å². The van der Waals surface area contributed by atoms with Crippen molar-refractivity contribution in [2.24, 2.45) is 5.92 Å². The van der Waals surface area contributed by atoms with Crippen LogP contribution in [0.25, 0.3) is 34.4 Å². The minimum Gasteiger partial charge on any atom is -1.00 e. The van der Waals surface area contributed by atoms with Crippen molar-refractivity contribution in [3.63, 3.8) is 0 Å². The molecule has 2 aliphatic rings. The first-order valence-electron chi connectivity index (χ1n) is 16.8. The Hall–Kier alpha value is -2.18. The van der Waals surface area contributed by atoms with Crippen LogP contribution in [0.3, 0.4) is 0 Å². The molecule has 0 saturated heterocycles. The summed E-state index contributed by atoms with van der Waals surface area (Å²) in [6.45, 7) is 25.6. The molecule has 4 aromatic carbocycles. The van der Waals surface area contributed by atoms with Gasteiger partial charge in [0.1, 0.15) is 0 Å². The molecular formula is C44H50Cl2Zr. The Kier molecular flexibility index (Phi) is 11.2. The van der Waals surface area contributed by atoms with Crippen molar-refractivity contribution in [3.8, 4) is 22.3 Å². The van der Waals surface area contributed by atoms with Crippen LogP contribution in [0.2, 0.25) is 0 Å². The third-order valence-corrected chi connectivity index (χ3v) is 15.0. The first-order chi connectivity index (χ1) is 21.1. The molecule has 2 atom stereocenters. The van der Waals surface area contributed by atoms with Gasteiger partial charge in [0.25, 0.3) is 0 Å². The summed E-state index contributed by atoms with van der Waals surface area (Å²) >= 11 is -0.986. The van der Waals surface area contributed by atoms with Crippen LogP contribution in [0.4, 0.5) is 0 Å². The first-order valence-corrected chi connectivity index (χ1v) is 19.6. The maximum absolute atomic E-state index is 2.59. The van der Waals surface area contributed by atoms with Gasteiger partial charge < -0.3 is 24.8 Å². The van der Waals surface area contributed by atoms with Gasteiger partial charge in [-0.3, -0.25) is 0 Å². The molecule has 0 nitrogen and oxygen atoms in total. The monoisotopic (exact) mass is 738 g/mol. The van der Waals surface area contributed by atoms with Crippen LogP contribution >= 0.6 is 0 Å². The van der Waals surface area contributed by atoms with E-state index in [1.54, 1.807) is 22.3 Å². The quantitative estimate of drug-likeness (QED) is 0.217. The summed E-state index contributed by atoms with van der Waals surface area (Å²) in [5, 5.41) is 0. The molecule has 0 N–H and O–H groups in total. The molecule has 47 heavy (non-hydrogen) atoms. The number of allylic oxidation sites excluding steroid dienone is 2. The van der Waals surface area contributed by atoms with Gasteiger partial charge in [-0.1, -0.05) is 0 Å². The van der Waals surface area contributed by atoms with E-state index in [-0.39, 0.29) is 35.6 Å². The van der Waals surface area contributed by atoms with Crippen molar-refractivity contribution in [2.75, 3.05) is 0 Å². The van der Waals surface area contributed by atoms with Crippen molar-refractivity contribution in [2.45, 2.75) is 94.2 Å². The van der Waals surface area contributed by atoms with Crippen LogP contribution in [-0.4, -0.2) is 0 Å². The fraction of sp³-hybridized carbons (Fsp3) is 0.364. The standard InChI is InChI=1S/C23H27.C21H23.2ClH.Zr/c1-15(2)18-13-19-11-16(3)12-21(22(19)14-18)17-7-9-20(10-8-17)23(4,5)6;1-14-10-17-11-15(2)13-20(17)19(12-14)16-6-8-18(9-7-16)21(3,4)5;;;/h7-15H,1-6H3;6-13H,1-5H3;2*1H;/q;;;;+2/p-2. The normalized spacial score (nSPS) is 16.9. The molecule has 6 rings (SSSR count). The van der Waals surface area contributed by atoms with E-state index in [1.807, 2.05) is 0 Å². The second-order valence-electron chi connectivity index (χ2n) is 16.0. The molecule has 3 heteroatoms. The Bertz CT molecular complexity index is 1820. The summed E-state index contributed by atoms with van der Waals surface area (Å²) in [6.07, 6.45) is 5.12. The van der Waals surface area contributed by atoms with Crippen molar-refractivity contribution in [3.05, 3.63) is 128 Å². The van der Waals surface area contributed by atoms with Gasteiger partial charge in [0.15, 0.2) is 0 Å². The zero-order valence-electron chi connectivity index (χ0n) is 30.1. The first kappa shape index (κ1) is 37.6. The van der Waals surface area contributed by atoms with Crippen molar-refractivity contribution >= 4 is 12.2 Å². The van der Waals surface area contributed by atoms with Crippen LogP contribution in [-0.2, 0) is 34.1 Å². The Balaban J connectivity index is 0.00000250. The number of rotatable bonds is 5. The van der Waals surface area contributed by atoms with Crippen LogP contribution in [0.5, 0.6) is 0 Å². The molecular weight excluding hydrogens is 691 g/mol. The average molecular weight is 741 g/mol. The maximum Gasteiger partial charge on any atom is -1.00 e. The zero-order valence-corrected chi connectivity index (χ0v) is 34.0. The fourth-order valence-electron chi connectivity index (χ4n) is 7.29. The number of hydrogen-bond acceptors (Lipinski definition) is 0. The van der Waals surface area contributed by atoms with E-state index in [0.717, 1.165) is 0 Å². The third-order valence-electron chi connectivity index (χ3n) is 9.93. The van der Waals surface area contributed by atoms with E-state index < -0.39 is 23.2 Å². The Morgan fingerprint density at radius 1 is 0.553 bits per heavy atom. The SMILES string of the molecule is CC1=Cc2c(-c3ccc(C(C)(C)C)cc3)cc(C)cc2[CH]1[Zr+2][CH]1C(C(C)C)=Cc2c(-c3ccc(C(C)(C)C)cc3)cc(C)cc21.[Cl-].[Cl-]. The predicted octanol–water partition coefficient (Wildman–Crippen LogP) is 6.58. The minimum absolute atomic E-state index is 0. The van der Waals surface area contributed by atoms with Gasteiger partial charge in [0.2, 0.25) is 0 Å². The number of aryl methyl sites for hydroxylation is 2. The molecule has 4 aromatic rings. The van der Waals surface area contributed by atoms with Crippen molar-refractivity contribution in [1.29, 1.82) is 0 Å². The molecule has 0 saturated carbocycles. The molecule has 0 amide bonds. The second-order valence-corrected chi connectivity index (χ2v) is 19.7. The average Bonchev–Trinajstić information content (AvgIpc) is 3.49. The number of benzene rings is 4. The Morgan fingerprint density at radius 3 is 1.36 bits per heavy atom. The van der Waals surface area contributed by atoms with Crippen LogP contribution in [0.1, 0.15) is 114 Å². The van der Waals surface area contributed by atoms with Crippen molar-refractivity contribution < 1.29 is 48.0 Å². The minimum atomic E-state index is -0.986. The molecule has 244 valence electrons. The summed E-state index contributed by atoms with van der Waals surface area (Å²) in [7, 11) is 0. The number of halogens is 2. The van der Waals surface area contributed by atoms with Gasteiger partial charge in [-0.05, 0) is 0 Å². The molecule has 0 radical (unpaired) electrons. The third kappa shape index (κ3) is 7.39. The largest absolute Gasteiger partial charge is 1.00 e. The molecule has 0 heterocycles. The maximum atomic E-state index is 2.59. The van der Waals surface area contributed by atoms with E-state index in [4.69, 9.17) is 0 Å². The second kappa shape index (κ2) is 14.0. The van der Waals surface area contributed by atoms with Crippen molar-refractivity contribution in [1.82, 2.24) is 0 Å². The molecule has 0 aliphatic heterocycles. The molecule has 0 bridgehead atoms. The number of hydrogen-bond donors (Lipinski definition) is 0. The summed E-state index contributed by atoms with van der Waals surface area (Å²) in [5.74, 6) is 0.541. The summed E-state index contributed by atoms with van der Waals surface area (Å²) < 4.78 is 1.18. The van der Waals surface area contributed by atoms with Gasteiger partial charge in [-0.15, -0.1) is 0 Å². The number of fused-ring (bicyclic) bond motifs is 2. The molecule has 2 aliphatic carbocycles. The Labute approximate surface area is 309 Å². The fourth-order valence-corrected chi connectivity index (χ4v) is 12.5. The van der Waals surface area contributed by atoms with Crippen LogP contribution in [0, 0.1) is 19.8 Å². The molecule has 0 spiro atoms. The zero-order chi connectivity index (χ0) is 32.4. The van der Waals surface area contributed by atoms with Gasteiger partial charge in [0, 0.05) is 0 Å². The Morgan fingerprint density at radius 2 is 0.957 bits per heavy atom. The predicted molar refractivity (Wildman–Crippen MR) is 193 cm³/mol. The van der Waals surface area contributed by atoms with Crippen LogP contribution < -0.4 is 24.8 Å². The van der Waals surface area contributed by atoms with Crippen LogP contribution in [0.15, 0.2) is 83.9 Å². The van der Waals surface area contributed by atoms with Gasteiger partial charge >= 0.3 is 286 Å². The van der Waals surface area contributed by atoms with E-state index >= 15 is 0 Å². The molecule has 0 aromatic heterocycles. The topological polar surface area (TPSA) is 0 Å². The molecule has 0 fully saturated rings. The van der Waals surface area contributed by atoms with E-state index in [2.05, 4.69) is 161 Å². The summed E-state index contributed by atoms with van der Waals surface area (Å²) in [5.41, 5.74) is 20.7. The van der Waals surface area contributed by atoms with Gasteiger partial charge in [-0.25, -0.2) is 0 Å². The smallest absolute Gasteiger partial charge is 1.00 e. The van der Waals surface area contributed by atoms with E-state index in [1.165, 1.54) is 55.6 Å².